The number of nitrogens with zero attached hydrogens (tertiary/aromatic N) is 3. The van der Waals surface area contributed by atoms with Crippen molar-refractivity contribution in [1.82, 2.24) is 9.88 Å². The van der Waals surface area contributed by atoms with Crippen LogP contribution in [0.5, 0.6) is 5.75 Å². The maximum absolute atomic E-state index is 12.9. The zero-order chi connectivity index (χ0) is 19.9. The standard InChI is InChI=1S/C22H30N4O2/c1-17(2)8-10-23-18-9-11-24-21(16-18)22(27)26-14-12-25(13-15-26)19-4-6-20(28-3)7-5-19/h4-7,9,11,16-17H,8,10,12-15H2,1-3H3,(H,23,24). The fourth-order valence-electron chi connectivity index (χ4n) is 3.29. The number of pyridine rings is 1. The van der Waals surface area contributed by atoms with E-state index in [0.717, 1.165) is 43.2 Å². The topological polar surface area (TPSA) is 57.7 Å². The molecule has 2 heterocycles. The summed E-state index contributed by atoms with van der Waals surface area (Å²) in [7, 11) is 1.67. The van der Waals surface area contributed by atoms with Crippen LogP contribution in [0.15, 0.2) is 42.6 Å². The number of piperazine rings is 1. The molecule has 6 nitrogen and oxygen atoms in total. The van der Waals surface area contributed by atoms with Gasteiger partial charge in [-0.15, -0.1) is 0 Å². The summed E-state index contributed by atoms with van der Waals surface area (Å²) in [5.41, 5.74) is 2.62. The highest BCUT2D eigenvalue weighted by molar-refractivity contribution is 5.93. The molecular weight excluding hydrogens is 352 g/mol. The average Bonchev–Trinajstić information content (AvgIpc) is 2.73. The Balaban J connectivity index is 1.55. The van der Waals surface area contributed by atoms with Crippen LogP contribution in [0, 0.1) is 5.92 Å². The molecule has 0 saturated carbocycles. The monoisotopic (exact) mass is 382 g/mol. The third kappa shape index (κ3) is 5.15. The maximum Gasteiger partial charge on any atom is 0.272 e. The molecule has 1 aromatic heterocycles. The van der Waals surface area contributed by atoms with Crippen LogP contribution in [-0.2, 0) is 0 Å². The fourth-order valence-corrected chi connectivity index (χ4v) is 3.29. The molecule has 150 valence electrons. The molecule has 0 aliphatic carbocycles. The van der Waals surface area contributed by atoms with E-state index in [1.54, 1.807) is 13.3 Å². The van der Waals surface area contributed by atoms with E-state index in [1.807, 2.05) is 29.2 Å². The first kappa shape index (κ1) is 20.0. The number of hydrogen-bond acceptors (Lipinski definition) is 5. The van der Waals surface area contributed by atoms with Gasteiger partial charge in [-0.1, -0.05) is 13.8 Å². The van der Waals surface area contributed by atoms with Crippen LogP contribution in [0.3, 0.4) is 0 Å². The van der Waals surface area contributed by atoms with E-state index >= 15 is 0 Å². The lowest BCUT2D eigenvalue weighted by Crippen LogP contribution is -2.49. The predicted molar refractivity (Wildman–Crippen MR) is 113 cm³/mol. The van der Waals surface area contributed by atoms with E-state index in [1.165, 1.54) is 0 Å². The molecule has 1 fully saturated rings. The van der Waals surface area contributed by atoms with Crippen LogP contribution >= 0.6 is 0 Å². The van der Waals surface area contributed by atoms with Gasteiger partial charge in [-0.2, -0.15) is 0 Å². The number of anilines is 2. The summed E-state index contributed by atoms with van der Waals surface area (Å²) in [5.74, 6) is 1.50. The summed E-state index contributed by atoms with van der Waals surface area (Å²) in [6, 6.07) is 11.8. The van der Waals surface area contributed by atoms with Gasteiger partial charge in [-0.25, -0.2) is 0 Å². The largest absolute Gasteiger partial charge is 0.497 e. The number of benzene rings is 1. The molecule has 1 amide bonds. The van der Waals surface area contributed by atoms with Crippen LogP contribution in [0.25, 0.3) is 0 Å². The van der Waals surface area contributed by atoms with E-state index in [9.17, 15) is 4.79 Å². The van der Waals surface area contributed by atoms with Crippen LogP contribution in [0.1, 0.15) is 30.8 Å². The number of amides is 1. The number of carbonyl (C=O) groups is 1. The predicted octanol–water partition coefficient (Wildman–Crippen LogP) is 3.51. The van der Waals surface area contributed by atoms with Gasteiger partial charge in [0.15, 0.2) is 0 Å². The van der Waals surface area contributed by atoms with Crippen LogP contribution < -0.4 is 15.0 Å². The Kier molecular flexibility index (Phi) is 6.74. The Hall–Kier alpha value is -2.76. The van der Waals surface area contributed by atoms with Crippen molar-refractivity contribution in [2.24, 2.45) is 5.92 Å². The summed E-state index contributed by atoms with van der Waals surface area (Å²) in [5, 5.41) is 3.38. The minimum atomic E-state index is 0.00175. The number of aromatic nitrogens is 1. The van der Waals surface area contributed by atoms with Gasteiger partial charge in [-0.3, -0.25) is 9.78 Å². The van der Waals surface area contributed by atoms with Crippen molar-refractivity contribution in [2.75, 3.05) is 50.1 Å². The number of methoxy groups -OCH3 is 1. The molecular formula is C22H30N4O2. The Morgan fingerprint density at radius 2 is 1.86 bits per heavy atom. The lowest BCUT2D eigenvalue weighted by atomic mass is 10.1. The summed E-state index contributed by atoms with van der Waals surface area (Å²) in [6.45, 7) is 8.31. The summed E-state index contributed by atoms with van der Waals surface area (Å²) in [6.07, 6.45) is 2.80. The van der Waals surface area contributed by atoms with Gasteiger partial charge in [-0.05, 0) is 48.7 Å². The lowest BCUT2D eigenvalue weighted by Gasteiger charge is -2.36. The van der Waals surface area contributed by atoms with Crippen molar-refractivity contribution in [2.45, 2.75) is 20.3 Å². The van der Waals surface area contributed by atoms with E-state index in [4.69, 9.17) is 4.74 Å². The van der Waals surface area contributed by atoms with E-state index in [2.05, 4.69) is 41.2 Å². The van der Waals surface area contributed by atoms with Crippen molar-refractivity contribution < 1.29 is 9.53 Å². The molecule has 0 atom stereocenters. The Morgan fingerprint density at radius 1 is 1.14 bits per heavy atom. The van der Waals surface area contributed by atoms with Gasteiger partial charge in [0.2, 0.25) is 0 Å². The van der Waals surface area contributed by atoms with Crippen molar-refractivity contribution >= 4 is 17.3 Å². The summed E-state index contributed by atoms with van der Waals surface area (Å²) in [4.78, 5) is 21.3. The van der Waals surface area contributed by atoms with Crippen LogP contribution in [0.2, 0.25) is 0 Å². The molecule has 1 aromatic carbocycles. The zero-order valence-electron chi connectivity index (χ0n) is 17.0. The molecule has 1 aliphatic rings. The van der Waals surface area contributed by atoms with E-state index < -0.39 is 0 Å². The maximum atomic E-state index is 12.9. The summed E-state index contributed by atoms with van der Waals surface area (Å²) < 4.78 is 5.22. The van der Waals surface area contributed by atoms with Crippen LogP contribution in [-0.4, -0.2) is 55.6 Å². The molecule has 0 radical (unpaired) electrons. The lowest BCUT2D eigenvalue weighted by molar-refractivity contribution is 0.0741. The second-order valence-corrected chi connectivity index (χ2v) is 7.52. The average molecular weight is 383 g/mol. The van der Waals surface area contributed by atoms with Gasteiger partial charge in [0.1, 0.15) is 11.4 Å². The second-order valence-electron chi connectivity index (χ2n) is 7.52. The third-order valence-corrected chi connectivity index (χ3v) is 5.03. The summed E-state index contributed by atoms with van der Waals surface area (Å²) >= 11 is 0. The van der Waals surface area contributed by atoms with E-state index in [-0.39, 0.29) is 5.91 Å². The smallest absolute Gasteiger partial charge is 0.272 e. The Morgan fingerprint density at radius 3 is 2.50 bits per heavy atom. The number of nitrogens with one attached hydrogen (secondary N) is 1. The zero-order valence-corrected chi connectivity index (χ0v) is 17.0. The highest BCUT2D eigenvalue weighted by atomic mass is 16.5. The third-order valence-electron chi connectivity index (χ3n) is 5.03. The van der Waals surface area contributed by atoms with Gasteiger partial charge in [0.05, 0.1) is 7.11 Å². The first-order valence-corrected chi connectivity index (χ1v) is 9.95. The molecule has 0 spiro atoms. The minimum Gasteiger partial charge on any atom is -0.497 e. The van der Waals surface area contributed by atoms with Crippen molar-refractivity contribution in [3.05, 3.63) is 48.3 Å². The fraction of sp³-hybridized carbons (Fsp3) is 0.455. The van der Waals surface area contributed by atoms with E-state index in [0.29, 0.717) is 24.7 Å². The van der Waals surface area contributed by atoms with Crippen molar-refractivity contribution in [1.29, 1.82) is 0 Å². The van der Waals surface area contributed by atoms with Crippen molar-refractivity contribution in [3.8, 4) is 5.75 Å². The highest BCUT2D eigenvalue weighted by Crippen LogP contribution is 2.21. The van der Waals surface area contributed by atoms with Gasteiger partial charge < -0.3 is 19.9 Å². The Bertz CT molecular complexity index is 768. The quantitative estimate of drug-likeness (QED) is 0.794. The van der Waals surface area contributed by atoms with Crippen LogP contribution in [0.4, 0.5) is 11.4 Å². The van der Waals surface area contributed by atoms with Gasteiger partial charge in [0.25, 0.3) is 5.91 Å². The SMILES string of the molecule is COc1ccc(N2CCN(C(=O)c3cc(NCCC(C)C)ccn3)CC2)cc1. The molecule has 3 rings (SSSR count). The molecule has 2 aromatic rings. The second kappa shape index (κ2) is 9.44. The molecule has 1 aliphatic heterocycles. The van der Waals surface area contributed by atoms with Crippen molar-refractivity contribution in [3.63, 3.8) is 0 Å². The molecule has 0 unspecified atom stereocenters. The first-order chi connectivity index (χ1) is 13.6. The molecule has 6 heteroatoms. The molecule has 1 saturated heterocycles. The molecule has 0 bridgehead atoms. The molecule has 28 heavy (non-hydrogen) atoms. The van der Waals surface area contributed by atoms with Gasteiger partial charge >= 0.3 is 0 Å². The number of hydrogen-bond donors (Lipinski definition) is 1. The van der Waals surface area contributed by atoms with Gasteiger partial charge in [0, 0.05) is 50.3 Å². The molecule has 1 N–H and O–H groups in total. The Labute approximate surface area is 167 Å². The number of carbonyl (C=O) groups excluding carboxylic acids is 1. The normalized spacial score (nSPS) is 14.3. The number of rotatable bonds is 7. The first-order valence-electron chi connectivity index (χ1n) is 9.95. The minimum absolute atomic E-state index is 0.00175. The number of ether oxygens (including phenoxy) is 1. The highest BCUT2D eigenvalue weighted by Gasteiger charge is 2.23.